The molecule has 4 rings (SSSR count). The fraction of sp³-hybridized carbons (Fsp3) is 0.462. The molecule has 2 heterocycles. The summed E-state index contributed by atoms with van der Waals surface area (Å²) >= 11 is 0. The Morgan fingerprint density at radius 1 is 1.00 bits per heavy atom. The van der Waals surface area contributed by atoms with Crippen molar-refractivity contribution < 1.29 is 14.3 Å². The molecule has 2 aromatic carbocycles. The van der Waals surface area contributed by atoms with Gasteiger partial charge in [-0.3, -0.25) is 14.5 Å². The minimum absolute atomic E-state index is 0.00982. The van der Waals surface area contributed by atoms with Crippen LogP contribution in [0.15, 0.2) is 36.4 Å². The van der Waals surface area contributed by atoms with Gasteiger partial charge in [0, 0.05) is 44.6 Å². The smallest absolute Gasteiger partial charge is 0.313 e. The molecule has 1 atom stereocenters. The summed E-state index contributed by atoms with van der Waals surface area (Å²) in [5.74, 6) is -1.27. The predicted octanol–water partition coefficient (Wildman–Crippen LogP) is 2.81. The minimum Gasteiger partial charge on any atom is -0.379 e. The van der Waals surface area contributed by atoms with Gasteiger partial charge < -0.3 is 20.3 Å². The van der Waals surface area contributed by atoms with Crippen LogP contribution in [0.1, 0.15) is 34.7 Å². The molecule has 0 bridgehead atoms. The van der Waals surface area contributed by atoms with Gasteiger partial charge in [0.15, 0.2) is 0 Å². The zero-order chi connectivity index (χ0) is 23.4. The minimum atomic E-state index is -0.646. The van der Waals surface area contributed by atoms with Gasteiger partial charge in [0.25, 0.3) is 0 Å². The van der Waals surface area contributed by atoms with Gasteiger partial charge in [0.05, 0.1) is 19.3 Å². The van der Waals surface area contributed by atoms with Crippen molar-refractivity contribution >= 4 is 23.2 Å². The van der Waals surface area contributed by atoms with Crippen LogP contribution in [-0.2, 0) is 20.7 Å². The molecule has 33 heavy (non-hydrogen) atoms. The number of hydrogen-bond donors (Lipinski definition) is 2. The molecule has 0 radical (unpaired) electrons. The molecular formula is C26H34N4O3. The molecule has 1 fully saturated rings. The number of aryl methyl sites for hydroxylation is 3. The van der Waals surface area contributed by atoms with Gasteiger partial charge >= 0.3 is 11.8 Å². The van der Waals surface area contributed by atoms with Gasteiger partial charge in [0.1, 0.15) is 0 Å². The van der Waals surface area contributed by atoms with Crippen LogP contribution in [-0.4, -0.2) is 63.2 Å². The monoisotopic (exact) mass is 450 g/mol. The zero-order valence-electron chi connectivity index (χ0n) is 19.8. The molecule has 2 N–H and O–H groups in total. The van der Waals surface area contributed by atoms with Crippen LogP contribution in [0.5, 0.6) is 0 Å². The predicted molar refractivity (Wildman–Crippen MR) is 131 cm³/mol. The highest BCUT2D eigenvalue weighted by atomic mass is 16.5. The number of nitrogens with one attached hydrogen (secondary N) is 2. The van der Waals surface area contributed by atoms with Crippen molar-refractivity contribution in [3.63, 3.8) is 0 Å². The molecule has 2 aliphatic rings. The Morgan fingerprint density at radius 3 is 2.45 bits per heavy atom. The number of fused-ring (bicyclic) bond motifs is 1. The summed E-state index contributed by atoms with van der Waals surface area (Å²) in [6.45, 7) is 8.31. The van der Waals surface area contributed by atoms with Gasteiger partial charge in [-0.1, -0.05) is 18.2 Å². The van der Waals surface area contributed by atoms with E-state index >= 15 is 0 Å². The number of anilines is 2. The molecule has 2 amide bonds. The van der Waals surface area contributed by atoms with Crippen molar-refractivity contribution in [2.24, 2.45) is 0 Å². The van der Waals surface area contributed by atoms with Crippen molar-refractivity contribution in [2.75, 3.05) is 56.7 Å². The number of ether oxygens (including phenoxy) is 1. The first-order chi connectivity index (χ1) is 15.9. The lowest BCUT2D eigenvalue weighted by atomic mass is 9.95. The zero-order valence-corrected chi connectivity index (χ0v) is 19.8. The number of rotatable bonds is 5. The Kier molecular flexibility index (Phi) is 7.30. The van der Waals surface area contributed by atoms with Gasteiger partial charge in [-0.15, -0.1) is 0 Å². The Bertz CT molecular complexity index is 996. The number of carbonyl (C=O) groups excluding carboxylic acids is 2. The third kappa shape index (κ3) is 5.72. The van der Waals surface area contributed by atoms with Crippen LogP contribution in [0.2, 0.25) is 0 Å². The molecule has 0 aliphatic carbocycles. The second kappa shape index (κ2) is 10.4. The number of carbonyl (C=O) groups is 2. The van der Waals surface area contributed by atoms with E-state index in [2.05, 4.69) is 45.7 Å². The van der Waals surface area contributed by atoms with E-state index in [1.54, 1.807) is 0 Å². The van der Waals surface area contributed by atoms with E-state index in [0.717, 1.165) is 43.6 Å². The van der Waals surface area contributed by atoms with E-state index in [0.29, 0.717) is 25.4 Å². The fourth-order valence-corrected chi connectivity index (χ4v) is 4.86. The van der Waals surface area contributed by atoms with E-state index in [4.69, 9.17) is 4.74 Å². The van der Waals surface area contributed by atoms with E-state index in [1.165, 1.54) is 16.8 Å². The summed E-state index contributed by atoms with van der Waals surface area (Å²) in [5, 5.41) is 5.59. The first-order valence-electron chi connectivity index (χ1n) is 11.7. The topological polar surface area (TPSA) is 73.9 Å². The molecule has 0 saturated carbocycles. The number of benzene rings is 2. The molecule has 7 heteroatoms. The summed E-state index contributed by atoms with van der Waals surface area (Å²) < 4.78 is 5.54. The summed E-state index contributed by atoms with van der Waals surface area (Å²) in [5.41, 5.74) is 6.51. The lowest BCUT2D eigenvalue weighted by Gasteiger charge is -2.36. The third-order valence-corrected chi connectivity index (χ3v) is 6.47. The van der Waals surface area contributed by atoms with Crippen LogP contribution in [0.4, 0.5) is 11.4 Å². The highest BCUT2D eigenvalue weighted by molar-refractivity contribution is 6.39. The van der Waals surface area contributed by atoms with Crippen LogP contribution in [0.3, 0.4) is 0 Å². The molecule has 176 valence electrons. The van der Waals surface area contributed by atoms with Gasteiger partial charge in [-0.2, -0.15) is 0 Å². The van der Waals surface area contributed by atoms with E-state index in [9.17, 15) is 9.59 Å². The maximum absolute atomic E-state index is 12.6. The van der Waals surface area contributed by atoms with Crippen molar-refractivity contribution in [3.8, 4) is 0 Å². The molecular weight excluding hydrogens is 416 g/mol. The summed E-state index contributed by atoms with van der Waals surface area (Å²) in [6, 6.07) is 12.3. The van der Waals surface area contributed by atoms with Crippen LogP contribution in [0.25, 0.3) is 0 Å². The molecule has 1 saturated heterocycles. The van der Waals surface area contributed by atoms with Gasteiger partial charge in [-0.25, -0.2) is 0 Å². The average molecular weight is 451 g/mol. The molecule has 2 aromatic rings. The van der Waals surface area contributed by atoms with Crippen LogP contribution in [0, 0.1) is 13.8 Å². The Balaban J connectivity index is 1.46. The first-order valence-corrected chi connectivity index (χ1v) is 11.7. The van der Waals surface area contributed by atoms with Crippen LogP contribution >= 0.6 is 0 Å². The van der Waals surface area contributed by atoms with Gasteiger partial charge in [0.2, 0.25) is 0 Å². The van der Waals surface area contributed by atoms with Crippen molar-refractivity contribution in [1.82, 2.24) is 10.2 Å². The maximum atomic E-state index is 12.6. The lowest BCUT2D eigenvalue weighted by molar-refractivity contribution is -0.136. The maximum Gasteiger partial charge on any atom is 0.313 e. The number of amides is 2. The fourth-order valence-electron chi connectivity index (χ4n) is 4.86. The molecule has 0 spiro atoms. The van der Waals surface area contributed by atoms with E-state index in [-0.39, 0.29) is 6.04 Å². The third-order valence-electron chi connectivity index (χ3n) is 6.47. The SMILES string of the molecule is Cc1cc(C)cc(NC(=O)C(=O)NCC(c2ccc3c(c2)CCCN3C)N2CCOCC2)c1. The van der Waals surface area contributed by atoms with Gasteiger partial charge in [-0.05, 0) is 67.1 Å². The summed E-state index contributed by atoms with van der Waals surface area (Å²) in [4.78, 5) is 29.8. The summed E-state index contributed by atoms with van der Waals surface area (Å²) in [7, 11) is 2.13. The highest BCUT2D eigenvalue weighted by Crippen LogP contribution is 2.31. The Hall–Kier alpha value is -2.90. The molecule has 0 aromatic heterocycles. The standard InChI is InChI=1S/C26H34N4O3/c1-18-13-19(2)15-22(14-18)28-26(32)25(31)27-17-24(30-9-11-33-12-10-30)21-6-7-23-20(16-21)5-4-8-29(23)3/h6-7,13-16,24H,4-5,8-12,17H2,1-3H3,(H,27,31)(H,28,32). The van der Waals surface area contributed by atoms with Crippen molar-refractivity contribution in [3.05, 3.63) is 58.7 Å². The number of morpholine rings is 1. The number of hydrogen-bond acceptors (Lipinski definition) is 5. The van der Waals surface area contributed by atoms with Crippen molar-refractivity contribution in [1.29, 1.82) is 0 Å². The molecule has 2 aliphatic heterocycles. The first kappa shape index (κ1) is 23.3. The number of nitrogens with zero attached hydrogens (tertiary/aromatic N) is 2. The summed E-state index contributed by atoms with van der Waals surface area (Å²) in [6.07, 6.45) is 2.21. The van der Waals surface area contributed by atoms with Crippen LogP contribution < -0.4 is 15.5 Å². The second-order valence-electron chi connectivity index (χ2n) is 9.12. The largest absolute Gasteiger partial charge is 0.379 e. The normalized spacial score (nSPS) is 17.2. The van der Waals surface area contributed by atoms with E-state index < -0.39 is 11.8 Å². The van der Waals surface area contributed by atoms with E-state index in [1.807, 2.05) is 32.0 Å². The van der Waals surface area contributed by atoms with Crippen molar-refractivity contribution in [2.45, 2.75) is 32.7 Å². The lowest BCUT2D eigenvalue weighted by Crippen LogP contribution is -2.45. The Labute approximate surface area is 196 Å². The second-order valence-corrected chi connectivity index (χ2v) is 9.12. The highest BCUT2D eigenvalue weighted by Gasteiger charge is 2.26. The molecule has 1 unspecified atom stereocenters. The molecule has 7 nitrogen and oxygen atoms in total. The Morgan fingerprint density at radius 2 is 1.73 bits per heavy atom. The average Bonchev–Trinajstić information content (AvgIpc) is 2.79. The quantitative estimate of drug-likeness (QED) is 0.686.